The Kier molecular flexibility index (Phi) is 15.7. The van der Waals surface area contributed by atoms with Gasteiger partial charge in [0.15, 0.2) is 0 Å². The van der Waals surface area contributed by atoms with E-state index in [2.05, 4.69) is 5.32 Å². The van der Waals surface area contributed by atoms with Crippen molar-refractivity contribution < 1.29 is 54.0 Å². The molecular weight excluding hydrogens is 534 g/mol. The molecule has 3 amide bonds. The maximum absolute atomic E-state index is 12.5. The van der Waals surface area contributed by atoms with E-state index in [1.807, 2.05) is 0 Å². The first-order chi connectivity index (χ1) is 18.9. The number of carbonyl (C=O) groups excluding carboxylic acids is 4. The molecule has 1 rings (SSSR count). The minimum absolute atomic E-state index is 0.0250. The zero-order chi connectivity index (χ0) is 30.1. The van der Waals surface area contributed by atoms with Crippen molar-refractivity contribution in [1.82, 2.24) is 24.9 Å². The zero-order valence-corrected chi connectivity index (χ0v) is 22.2. The third-order valence-corrected chi connectivity index (χ3v) is 5.79. The summed E-state index contributed by atoms with van der Waals surface area (Å²) in [4.78, 5) is 84.7. The fraction of sp³-hybridized carbons (Fsp3) is 0.625. The molecule has 1 heterocycles. The van der Waals surface area contributed by atoms with Crippen molar-refractivity contribution in [3.8, 4) is 0 Å². The minimum Gasteiger partial charge on any atom is -0.549 e. The summed E-state index contributed by atoms with van der Waals surface area (Å²) < 4.78 is 0. The van der Waals surface area contributed by atoms with Crippen molar-refractivity contribution >= 4 is 41.6 Å². The van der Waals surface area contributed by atoms with Gasteiger partial charge in [0.05, 0.1) is 32.1 Å². The van der Waals surface area contributed by atoms with Gasteiger partial charge in [-0.1, -0.05) is 12.8 Å². The summed E-state index contributed by atoms with van der Waals surface area (Å²) >= 11 is 0. The molecule has 16 heteroatoms. The first kappa shape index (κ1) is 34.1. The molecule has 0 spiro atoms. The van der Waals surface area contributed by atoms with Crippen molar-refractivity contribution in [3.63, 3.8) is 0 Å². The number of carbonyl (C=O) groups is 7. The molecular formula is C24H36N5O11-. The molecule has 0 bridgehead atoms. The van der Waals surface area contributed by atoms with Crippen LogP contribution >= 0.6 is 0 Å². The van der Waals surface area contributed by atoms with Crippen LogP contribution < -0.4 is 10.4 Å². The van der Waals surface area contributed by atoms with Gasteiger partial charge in [-0.2, -0.15) is 0 Å². The van der Waals surface area contributed by atoms with Crippen LogP contribution in [0.1, 0.15) is 25.7 Å². The number of amides is 3. The summed E-state index contributed by atoms with van der Waals surface area (Å²) in [7, 11) is 0. The maximum Gasteiger partial charge on any atom is 0.317 e. The van der Waals surface area contributed by atoms with Gasteiger partial charge in [0.2, 0.25) is 5.91 Å². The highest BCUT2D eigenvalue weighted by Gasteiger charge is 2.22. The van der Waals surface area contributed by atoms with E-state index in [1.165, 1.54) is 12.2 Å². The van der Waals surface area contributed by atoms with E-state index in [4.69, 9.17) is 15.3 Å². The average Bonchev–Trinajstić information content (AvgIpc) is 3.15. The highest BCUT2D eigenvalue weighted by molar-refractivity contribution is 6.12. The largest absolute Gasteiger partial charge is 0.549 e. The first-order valence-corrected chi connectivity index (χ1v) is 12.7. The molecule has 0 saturated carbocycles. The van der Waals surface area contributed by atoms with Gasteiger partial charge in [-0.3, -0.25) is 48.4 Å². The van der Waals surface area contributed by atoms with E-state index in [0.717, 1.165) is 27.5 Å². The lowest BCUT2D eigenvalue weighted by atomic mass is 10.2. The number of aliphatic carboxylic acids is 4. The van der Waals surface area contributed by atoms with Crippen molar-refractivity contribution in [2.75, 3.05) is 72.0 Å². The fourth-order valence-electron chi connectivity index (χ4n) is 3.91. The first-order valence-electron chi connectivity index (χ1n) is 12.7. The second-order valence-corrected chi connectivity index (χ2v) is 9.18. The van der Waals surface area contributed by atoms with Crippen LogP contribution in [0.4, 0.5) is 0 Å². The van der Waals surface area contributed by atoms with Gasteiger partial charge in [-0.05, 0) is 12.8 Å². The molecule has 0 unspecified atom stereocenters. The van der Waals surface area contributed by atoms with E-state index in [-0.39, 0.29) is 50.4 Å². The number of imide groups is 1. The molecule has 0 aromatic carbocycles. The van der Waals surface area contributed by atoms with Crippen LogP contribution in [0, 0.1) is 0 Å². The zero-order valence-electron chi connectivity index (χ0n) is 22.2. The van der Waals surface area contributed by atoms with E-state index < -0.39 is 50.1 Å². The number of carboxylic acids is 4. The molecule has 0 aromatic rings. The summed E-state index contributed by atoms with van der Waals surface area (Å²) in [6.07, 6.45) is 5.19. The van der Waals surface area contributed by atoms with Gasteiger partial charge < -0.3 is 30.5 Å². The number of nitrogens with one attached hydrogen (secondary N) is 1. The minimum atomic E-state index is -1.48. The number of rotatable bonds is 23. The van der Waals surface area contributed by atoms with Crippen LogP contribution in [0.3, 0.4) is 0 Å². The second-order valence-electron chi connectivity index (χ2n) is 9.18. The molecule has 0 atom stereocenters. The quantitative estimate of drug-likeness (QED) is 0.0690. The Morgan fingerprint density at radius 2 is 1.12 bits per heavy atom. The summed E-state index contributed by atoms with van der Waals surface area (Å²) in [6, 6.07) is 0. The normalized spacial score (nSPS) is 13.0. The van der Waals surface area contributed by atoms with Crippen molar-refractivity contribution in [1.29, 1.82) is 0 Å². The van der Waals surface area contributed by atoms with Crippen LogP contribution in [0.2, 0.25) is 0 Å². The third kappa shape index (κ3) is 15.5. The lowest BCUT2D eigenvalue weighted by Crippen LogP contribution is -2.48. The molecule has 0 aromatic heterocycles. The molecule has 1 aliphatic rings. The molecule has 0 fully saturated rings. The second kappa shape index (κ2) is 18.4. The molecule has 224 valence electrons. The van der Waals surface area contributed by atoms with E-state index >= 15 is 0 Å². The number of carboxylic acid groups (broad SMARTS) is 4. The van der Waals surface area contributed by atoms with Gasteiger partial charge in [0, 0.05) is 58.0 Å². The fourth-order valence-corrected chi connectivity index (χ4v) is 3.91. The number of hydrogen-bond acceptors (Lipinski definition) is 11. The Labute approximate surface area is 230 Å². The molecule has 0 saturated heterocycles. The summed E-state index contributed by atoms with van der Waals surface area (Å²) in [5, 5.41) is 40.8. The van der Waals surface area contributed by atoms with Crippen molar-refractivity contribution in [2.45, 2.75) is 25.7 Å². The van der Waals surface area contributed by atoms with Gasteiger partial charge in [-0.25, -0.2) is 0 Å². The van der Waals surface area contributed by atoms with Crippen LogP contribution in [-0.2, 0) is 33.6 Å². The van der Waals surface area contributed by atoms with E-state index in [9.17, 15) is 38.7 Å². The predicted octanol–water partition coefficient (Wildman–Crippen LogP) is -3.50. The highest BCUT2D eigenvalue weighted by atomic mass is 16.4. The lowest BCUT2D eigenvalue weighted by Gasteiger charge is -2.28. The topological polar surface area (TPSA) is 228 Å². The van der Waals surface area contributed by atoms with Crippen LogP contribution in [0.25, 0.3) is 0 Å². The Balaban J connectivity index is 2.57. The maximum atomic E-state index is 12.5. The monoisotopic (exact) mass is 570 g/mol. The average molecular weight is 571 g/mol. The van der Waals surface area contributed by atoms with Crippen LogP contribution in [-0.4, -0.2) is 149 Å². The van der Waals surface area contributed by atoms with Crippen molar-refractivity contribution in [2.24, 2.45) is 0 Å². The standard InChI is InChI=1S/C24H37N5O11/c30-18(25-7-3-1-2-4-8-29-19(31)5-6-20(29)32)13-26(9-11-27(14-21(33)34)15-22(35)36)10-12-28(16-23(37)38)17-24(39)40/h5-6H,1-4,7-17H2,(H,25,30)(H,33,34)(H,35,36)(H,37,38)(H,39,40)/p-1. The summed E-state index contributed by atoms with van der Waals surface area (Å²) in [6.45, 7) is -1.79. The molecule has 0 radical (unpaired) electrons. The Morgan fingerprint density at radius 1 is 0.675 bits per heavy atom. The highest BCUT2D eigenvalue weighted by Crippen LogP contribution is 2.07. The predicted molar refractivity (Wildman–Crippen MR) is 135 cm³/mol. The lowest BCUT2D eigenvalue weighted by molar-refractivity contribution is -0.306. The molecule has 40 heavy (non-hydrogen) atoms. The van der Waals surface area contributed by atoms with Gasteiger partial charge in [-0.15, -0.1) is 0 Å². The summed E-state index contributed by atoms with van der Waals surface area (Å²) in [5.74, 6) is -6.25. The van der Waals surface area contributed by atoms with E-state index in [0.29, 0.717) is 25.9 Å². The molecule has 16 nitrogen and oxygen atoms in total. The molecule has 0 aliphatic carbocycles. The Hall–Kier alpha value is -3.89. The smallest absolute Gasteiger partial charge is 0.317 e. The van der Waals surface area contributed by atoms with Gasteiger partial charge >= 0.3 is 17.9 Å². The number of nitrogens with zero attached hydrogens (tertiary/aromatic N) is 4. The van der Waals surface area contributed by atoms with Crippen LogP contribution in [0.15, 0.2) is 12.2 Å². The Morgan fingerprint density at radius 3 is 1.60 bits per heavy atom. The summed E-state index contributed by atoms with van der Waals surface area (Å²) in [5.41, 5.74) is 0. The number of unbranched alkanes of at least 4 members (excludes halogenated alkanes) is 3. The van der Waals surface area contributed by atoms with Gasteiger partial charge in [0.1, 0.15) is 0 Å². The van der Waals surface area contributed by atoms with E-state index in [1.54, 1.807) is 4.90 Å². The SMILES string of the molecule is O=C([O-])CN(CCN(CCN(CC(=O)O)CC(=O)O)CC(=O)NCCCCCCN1C(=O)C=CC1=O)CC(=O)O. The Bertz CT molecular complexity index is 865. The third-order valence-electron chi connectivity index (χ3n) is 5.79. The van der Waals surface area contributed by atoms with Crippen LogP contribution in [0.5, 0.6) is 0 Å². The number of hydrogen-bond donors (Lipinski definition) is 4. The molecule has 1 aliphatic heterocycles. The molecule has 4 N–H and O–H groups in total. The van der Waals surface area contributed by atoms with Gasteiger partial charge in [0.25, 0.3) is 11.8 Å². The van der Waals surface area contributed by atoms with Crippen molar-refractivity contribution in [3.05, 3.63) is 12.2 Å².